The largest absolute Gasteiger partial charge is 0.416 e. The molecule has 136 valence electrons. The van der Waals surface area contributed by atoms with Gasteiger partial charge in [0.25, 0.3) is 5.22 Å². The van der Waals surface area contributed by atoms with Crippen molar-refractivity contribution in [3.8, 4) is 0 Å². The van der Waals surface area contributed by atoms with Crippen LogP contribution in [-0.2, 0) is 11.2 Å². The van der Waals surface area contributed by atoms with Crippen molar-refractivity contribution < 1.29 is 9.21 Å². The van der Waals surface area contributed by atoms with Gasteiger partial charge in [-0.25, -0.2) is 4.98 Å². The van der Waals surface area contributed by atoms with Crippen LogP contribution in [0.25, 0.3) is 0 Å². The summed E-state index contributed by atoms with van der Waals surface area (Å²) >= 11 is 2.91. The molecule has 8 heteroatoms. The van der Waals surface area contributed by atoms with Crippen molar-refractivity contribution in [1.29, 1.82) is 0 Å². The minimum absolute atomic E-state index is 0.124. The van der Waals surface area contributed by atoms with E-state index in [9.17, 15) is 4.79 Å². The van der Waals surface area contributed by atoms with Crippen molar-refractivity contribution in [3.05, 3.63) is 22.0 Å². The van der Waals surface area contributed by atoms with Gasteiger partial charge in [-0.15, -0.1) is 21.5 Å². The molecule has 1 aliphatic carbocycles. The quantitative estimate of drug-likeness (QED) is 0.714. The third kappa shape index (κ3) is 5.04. The van der Waals surface area contributed by atoms with E-state index in [0.717, 1.165) is 29.5 Å². The maximum atomic E-state index is 12.4. The summed E-state index contributed by atoms with van der Waals surface area (Å²) in [5.41, 5.74) is 0.935. The second-order valence-electron chi connectivity index (χ2n) is 6.70. The summed E-state index contributed by atoms with van der Waals surface area (Å²) in [6.07, 6.45) is 5.15. The molecule has 0 spiro atoms. The minimum Gasteiger partial charge on any atom is -0.416 e. The molecule has 0 radical (unpaired) electrons. The molecule has 3 rings (SSSR count). The highest BCUT2D eigenvalue weighted by atomic mass is 32.2. The van der Waals surface area contributed by atoms with E-state index < -0.39 is 0 Å². The molecule has 0 saturated heterocycles. The van der Waals surface area contributed by atoms with Crippen LogP contribution >= 0.6 is 23.1 Å². The first-order valence-electron chi connectivity index (χ1n) is 8.63. The molecule has 0 aromatic carbocycles. The van der Waals surface area contributed by atoms with Crippen molar-refractivity contribution in [2.24, 2.45) is 5.92 Å². The molecule has 2 aromatic rings. The SMILES string of the molecule is Cc1nc(Cc2nnc(SCC(=O)N(C)C3CCC(C)CC3)o2)cs1. The Bertz CT molecular complexity index is 707. The van der Waals surface area contributed by atoms with Crippen LogP contribution in [0.5, 0.6) is 0 Å². The predicted molar refractivity (Wildman–Crippen MR) is 98.9 cm³/mol. The van der Waals surface area contributed by atoms with Crippen molar-refractivity contribution in [2.75, 3.05) is 12.8 Å². The maximum absolute atomic E-state index is 12.4. The summed E-state index contributed by atoms with van der Waals surface area (Å²) in [5.74, 6) is 1.78. The molecule has 2 heterocycles. The summed E-state index contributed by atoms with van der Waals surface area (Å²) in [6.45, 7) is 4.26. The number of amides is 1. The van der Waals surface area contributed by atoms with Gasteiger partial charge in [-0.2, -0.15) is 0 Å². The van der Waals surface area contributed by atoms with E-state index in [4.69, 9.17) is 4.42 Å². The maximum Gasteiger partial charge on any atom is 0.277 e. The summed E-state index contributed by atoms with van der Waals surface area (Å²) in [4.78, 5) is 18.7. The fourth-order valence-corrected chi connectivity index (χ4v) is 4.39. The summed E-state index contributed by atoms with van der Waals surface area (Å²) < 4.78 is 5.62. The molecule has 1 fully saturated rings. The molecule has 1 amide bonds. The number of thiazole rings is 1. The van der Waals surface area contributed by atoms with Gasteiger partial charge in [0.1, 0.15) is 0 Å². The Labute approximate surface area is 156 Å². The summed E-state index contributed by atoms with van der Waals surface area (Å²) in [6, 6.07) is 0.371. The fourth-order valence-electron chi connectivity index (χ4n) is 3.07. The third-order valence-corrected chi connectivity index (χ3v) is 6.32. The highest BCUT2D eigenvalue weighted by Gasteiger charge is 2.25. The zero-order valence-corrected chi connectivity index (χ0v) is 16.5. The fraction of sp³-hybridized carbons (Fsp3) is 0.647. The van der Waals surface area contributed by atoms with E-state index in [1.807, 2.05) is 24.3 Å². The lowest BCUT2D eigenvalue weighted by molar-refractivity contribution is -0.129. The van der Waals surface area contributed by atoms with Gasteiger partial charge < -0.3 is 9.32 Å². The molecule has 6 nitrogen and oxygen atoms in total. The number of hydrogen-bond donors (Lipinski definition) is 0. The Morgan fingerprint density at radius 1 is 1.36 bits per heavy atom. The van der Waals surface area contributed by atoms with Crippen molar-refractivity contribution in [3.63, 3.8) is 0 Å². The molecular formula is C17H24N4O2S2. The van der Waals surface area contributed by atoms with Crippen LogP contribution in [0, 0.1) is 12.8 Å². The molecule has 0 N–H and O–H groups in total. The molecule has 0 aliphatic heterocycles. The lowest BCUT2D eigenvalue weighted by Gasteiger charge is -2.33. The summed E-state index contributed by atoms with van der Waals surface area (Å²) in [7, 11) is 1.91. The van der Waals surface area contributed by atoms with E-state index in [0.29, 0.717) is 29.3 Å². The van der Waals surface area contributed by atoms with Crippen LogP contribution < -0.4 is 0 Å². The second-order valence-corrected chi connectivity index (χ2v) is 8.69. The number of carbonyl (C=O) groups excluding carboxylic acids is 1. The number of hydrogen-bond acceptors (Lipinski definition) is 7. The third-order valence-electron chi connectivity index (χ3n) is 4.69. The van der Waals surface area contributed by atoms with Gasteiger partial charge in [0.2, 0.25) is 11.8 Å². The Kier molecular flexibility index (Phi) is 6.11. The number of thioether (sulfide) groups is 1. The van der Waals surface area contributed by atoms with Gasteiger partial charge in [0.15, 0.2) is 0 Å². The van der Waals surface area contributed by atoms with Gasteiger partial charge in [0.05, 0.1) is 22.9 Å². The second kappa shape index (κ2) is 8.31. The zero-order valence-electron chi connectivity index (χ0n) is 14.9. The Hall–Kier alpha value is -1.41. The first-order chi connectivity index (χ1) is 12.0. The van der Waals surface area contributed by atoms with Crippen LogP contribution in [0.3, 0.4) is 0 Å². The van der Waals surface area contributed by atoms with Crippen molar-refractivity contribution >= 4 is 29.0 Å². The molecule has 1 saturated carbocycles. The molecule has 0 unspecified atom stereocenters. The summed E-state index contributed by atoms with van der Waals surface area (Å²) in [5, 5.41) is 11.5. The lowest BCUT2D eigenvalue weighted by Crippen LogP contribution is -2.40. The van der Waals surface area contributed by atoms with E-state index in [2.05, 4.69) is 22.1 Å². The molecule has 2 aromatic heterocycles. The molecule has 1 aliphatic rings. The lowest BCUT2D eigenvalue weighted by atomic mass is 9.87. The Morgan fingerprint density at radius 3 is 2.80 bits per heavy atom. The van der Waals surface area contributed by atoms with Gasteiger partial charge in [-0.05, 0) is 38.5 Å². The predicted octanol–water partition coefficient (Wildman–Crippen LogP) is 3.55. The number of carbonyl (C=O) groups is 1. The van der Waals surface area contributed by atoms with E-state index in [1.165, 1.54) is 24.6 Å². The highest BCUT2D eigenvalue weighted by molar-refractivity contribution is 7.99. The standard InChI is InChI=1S/C17H24N4O2S2/c1-11-4-6-14(7-5-11)21(3)16(22)10-25-17-20-19-15(23-17)8-13-9-24-12(2)18-13/h9,11,14H,4-8,10H2,1-3H3. The average Bonchev–Trinajstić information content (AvgIpc) is 3.22. The van der Waals surface area contributed by atoms with Crippen LogP contribution in [0.4, 0.5) is 0 Å². The number of rotatable bonds is 6. The highest BCUT2D eigenvalue weighted by Crippen LogP contribution is 2.27. The van der Waals surface area contributed by atoms with Crippen molar-refractivity contribution in [2.45, 2.75) is 57.2 Å². The topological polar surface area (TPSA) is 72.1 Å². The number of aromatic nitrogens is 3. The smallest absolute Gasteiger partial charge is 0.277 e. The Balaban J connectivity index is 1.47. The van der Waals surface area contributed by atoms with Crippen LogP contribution in [0.15, 0.2) is 15.0 Å². The number of nitrogens with zero attached hydrogens (tertiary/aromatic N) is 4. The van der Waals surface area contributed by atoms with E-state index >= 15 is 0 Å². The molecular weight excluding hydrogens is 356 g/mol. The van der Waals surface area contributed by atoms with Gasteiger partial charge >= 0.3 is 0 Å². The molecule has 25 heavy (non-hydrogen) atoms. The van der Waals surface area contributed by atoms with E-state index in [-0.39, 0.29) is 5.91 Å². The van der Waals surface area contributed by atoms with Crippen LogP contribution in [0.1, 0.15) is 49.2 Å². The molecule has 0 atom stereocenters. The first kappa shape index (κ1) is 18.4. The minimum atomic E-state index is 0.124. The normalized spacial score (nSPS) is 20.6. The van der Waals surface area contributed by atoms with E-state index in [1.54, 1.807) is 11.3 Å². The number of aryl methyl sites for hydroxylation is 1. The first-order valence-corrected chi connectivity index (χ1v) is 10.5. The monoisotopic (exact) mass is 380 g/mol. The van der Waals surface area contributed by atoms with Gasteiger partial charge in [-0.1, -0.05) is 18.7 Å². The van der Waals surface area contributed by atoms with Crippen molar-refractivity contribution in [1.82, 2.24) is 20.1 Å². The van der Waals surface area contributed by atoms with Gasteiger partial charge in [-0.3, -0.25) is 4.79 Å². The van der Waals surface area contributed by atoms with Crippen LogP contribution in [-0.4, -0.2) is 44.8 Å². The molecule has 0 bridgehead atoms. The Morgan fingerprint density at radius 2 is 2.12 bits per heavy atom. The van der Waals surface area contributed by atoms with Crippen LogP contribution in [0.2, 0.25) is 0 Å². The van der Waals surface area contributed by atoms with Gasteiger partial charge in [0, 0.05) is 18.5 Å². The zero-order chi connectivity index (χ0) is 17.8. The average molecular weight is 381 g/mol.